The Balaban J connectivity index is 1.46. The van der Waals surface area contributed by atoms with Crippen LogP contribution in [0.25, 0.3) is 5.57 Å². The van der Waals surface area contributed by atoms with Gasteiger partial charge in [-0.25, -0.2) is 17.8 Å². The first-order valence-corrected chi connectivity index (χ1v) is 12.7. The number of aromatic nitrogens is 1. The van der Waals surface area contributed by atoms with Gasteiger partial charge in [-0.15, -0.1) is 0 Å². The third-order valence-electron chi connectivity index (χ3n) is 6.17. The molecule has 0 bridgehead atoms. The molecule has 1 amide bonds. The number of hydrogen-bond acceptors (Lipinski definition) is 5. The Morgan fingerprint density at radius 1 is 1.30 bits per heavy atom. The van der Waals surface area contributed by atoms with Crippen LogP contribution in [0, 0.1) is 11.2 Å². The molecule has 2 aliphatic rings. The van der Waals surface area contributed by atoms with Gasteiger partial charge in [0, 0.05) is 0 Å². The van der Waals surface area contributed by atoms with E-state index in [1.807, 2.05) is 0 Å². The first kappa shape index (κ1) is 21.2. The van der Waals surface area contributed by atoms with Crippen molar-refractivity contribution in [1.82, 2.24) is 4.98 Å². The summed E-state index contributed by atoms with van der Waals surface area (Å²) in [5.41, 5.74) is 2.53. The molecule has 1 heterocycles. The minimum absolute atomic E-state index is 0.0707. The zero-order valence-corrected chi connectivity index (χ0v) is 18.6. The third kappa shape index (κ3) is 4.07. The standard InChI is InChI=1S/C22H25FN2O3S2/c1-3-30(27,28)16-7-6-15(17(23)11-16)10-19(26)25-21-24-18-13-22(8-4-5-9-22)12-14(2)20(18)29-21/h6-7,11H,2-5,8-10,12-13H2,1H3,(H,24,25,26). The summed E-state index contributed by atoms with van der Waals surface area (Å²) in [7, 11) is -3.49. The Hall–Kier alpha value is -2.06. The number of nitrogens with zero attached hydrogens (tertiary/aromatic N) is 1. The largest absolute Gasteiger partial charge is 0.302 e. The number of anilines is 1. The van der Waals surface area contributed by atoms with Crippen LogP contribution in [0.5, 0.6) is 0 Å². The molecule has 5 nitrogen and oxygen atoms in total. The Bertz CT molecular complexity index is 1120. The van der Waals surface area contributed by atoms with Crippen LogP contribution in [0.2, 0.25) is 0 Å². The van der Waals surface area contributed by atoms with E-state index in [4.69, 9.17) is 0 Å². The quantitative estimate of drug-likeness (QED) is 0.714. The zero-order valence-electron chi connectivity index (χ0n) is 17.0. The number of benzene rings is 1. The van der Waals surface area contributed by atoms with Gasteiger partial charge < -0.3 is 5.32 Å². The predicted octanol–water partition coefficient (Wildman–Crippen LogP) is 4.78. The molecule has 1 spiro atoms. The number of carbonyl (C=O) groups excluding carboxylic acids is 1. The number of amides is 1. The number of sulfone groups is 1. The lowest BCUT2D eigenvalue weighted by molar-refractivity contribution is -0.115. The molecule has 0 radical (unpaired) electrons. The maximum atomic E-state index is 14.4. The molecule has 1 fully saturated rings. The van der Waals surface area contributed by atoms with Crippen molar-refractivity contribution >= 4 is 37.8 Å². The molecule has 1 N–H and O–H groups in total. The van der Waals surface area contributed by atoms with Gasteiger partial charge in [-0.2, -0.15) is 0 Å². The SMILES string of the molecule is C=C1CC2(CCCC2)Cc2nc(NC(=O)Cc3ccc(S(=O)(=O)CC)cc3F)sc21. The van der Waals surface area contributed by atoms with Gasteiger partial charge in [0.15, 0.2) is 15.0 Å². The molecule has 0 aliphatic heterocycles. The molecule has 30 heavy (non-hydrogen) atoms. The third-order valence-corrected chi connectivity index (χ3v) is 9.02. The minimum Gasteiger partial charge on any atom is -0.302 e. The zero-order chi connectivity index (χ0) is 21.5. The summed E-state index contributed by atoms with van der Waals surface area (Å²) in [5, 5.41) is 3.28. The molecule has 0 saturated heterocycles. The van der Waals surface area contributed by atoms with Crippen molar-refractivity contribution in [1.29, 1.82) is 0 Å². The number of nitrogens with one attached hydrogen (secondary N) is 1. The maximum Gasteiger partial charge on any atom is 0.230 e. The van der Waals surface area contributed by atoms with Crippen LogP contribution >= 0.6 is 11.3 Å². The predicted molar refractivity (Wildman–Crippen MR) is 117 cm³/mol. The number of carbonyl (C=O) groups is 1. The molecule has 2 aliphatic carbocycles. The van der Waals surface area contributed by atoms with Crippen LogP contribution in [0.1, 0.15) is 55.2 Å². The van der Waals surface area contributed by atoms with Crippen molar-refractivity contribution in [3.8, 4) is 0 Å². The first-order valence-electron chi connectivity index (χ1n) is 10.2. The Morgan fingerprint density at radius 2 is 2.03 bits per heavy atom. The van der Waals surface area contributed by atoms with Crippen LogP contribution in [0.4, 0.5) is 9.52 Å². The summed E-state index contributed by atoms with van der Waals surface area (Å²) in [6, 6.07) is 3.68. The second kappa shape index (κ2) is 7.89. The molecular weight excluding hydrogens is 423 g/mol. The fraction of sp³-hybridized carbons (Fsp3) is 0.455. The second-order valence-corrected chi connectivity index (χ2v) is 11.6. The molecule has 2 aromatic rings. The first-order chi connectivity index (χ1) is 14.2. The van der Waals surface area contributed by atoms with Crippen molar-refractivity contribution < 1.29 is 17.6 Å². The molecular formula is C22H25FN2O3S2. The summed E-state index contributed by atoms with van der Waals surface area (Å²) < 4.78 is 38.1. The number of allylic oxidation sites excluding steroid dienone is 1. The van der Waals surface area contributed by atoms with Crippen LogP contribution in [0.3, 0.4) is 0 Å². The highest BCUT2D eigenvalue weighted by molar-refractivity contribution is 7.91. The van der Waals surface area contributed by atoms with E-state index in [1.54, 1.807) is 0 Å². The number of halogens is 1. The number of hydrogen-bond donors (Lipinski definition) is 1. The van der Waals surface area contributed by atoms with Gasteiger partial charge >= 0.3 is 0 Å². The average molecular weight is 449 g/mol. The van der Waals surface area contributed by atoms with Gasteiger partial charge in [-0.3, -0.25) is 4.79 Å². The molecule has 8 heteroatoms. The summed E-state index contributed by atoms with van der Waals surface area (Å²) in [4.78, 5) is 18.1. The lowest BCUT2D eigenvalue weighted by Gasteiger charge is -2.33. The summed E-state index contributed by atoms with van der Waals surface area (Å²) in [5.74, 6) is -1.19. The van der Waals surface area contributed by atoms with Crippen molar-refractivity contribution in [3.05, 3.63) is 46.7 Å². The Kier molecular flexibility index (Phi) is 5.57. The molecule has 1 saturated carbocycles. The Labute approximate surface area is 180 Å². The van der Waals surface area contributed by atoms with Gasteiger partial charge in [0.25, 0.3) is 0 Å². The molecule has 0 unspecified atom stereocenters. The van der Waals surface area contributed by atoms with Gasteiger partial charge in [0.1, 0.15) is 5.82 Å². The Morgan fingerprint density at radius 3 is 2.70 bits per heavy atom. The number of fused-ring (bicyclic) bond motifs is 1. The normalized spacial score (nSPS) is 17.9. The molecule has 4 rings (SSSR count). The smallest absolute Gasteiger partial charge is 0.230 e. The van der Waals surface area contributed by atoms with Crippen LogP contribution < -0.4 is 5.32 Å². The lowest BCUT2D eigenvalue weighted by Crippen LogP contribution is -2.24. The van der Waals surface area contributed by atoms with E-state index < -0.39 is 15.7 Å². The van der Waals surface area contributed by atoms with E-state index in [1.165, 1.54) is 56.1 Å². The van der Waals surface area contributed by atoms with Crippen molar-refractivity contribution in [2.45, 2.75) is 56.8 Å². The van der Waals surface area contributed by atoms with Crippen molar-refractivity contribution in [3.63, 3.8) is 0 Å². The monoisotopic (exact) mass is 448 g/mol. The highest BCUT2D eigenvalue weighted by Gasteiger charge is 2.40. The molecule has 1 aromatic carbocycles. The highest BCUT2D eigenvalue weighted by Crippen LogP contribution is 2.52. The van der Waals surface area contributed by atoms with Crippen molar-refractivity contribution in [2.75, 3.05) is 11.1 Å². The van der Waals surface area contributed by atoms with E-state index in [2.05, 4.69) is 16.9 Å². The summed E-state index contributed by atoms with van der Waals surface area (Å²) >= 11 is 1.42. The van der Waals surface area contributed by atoms with Gasteiger partial charge in [0.2, 0.25) is 5.91 Å². The molecule has 0 atom stereocenters. The van der Waals surface area contributed by atoms with E-state index in [0.717, 1.165) is 35.1 Å². The fourth-order valence-electron chi connectivity index (χ4n) is 4.60. The second-order valence-electron chi connectivity index (χ2n) is 8.34. The van der Waals surface area contributed by atoms with E-state index in [9.17, 15) is 17.6 Å². The van der Waals surface area contributed by atoms with E-state index in [0.29, 0.717) is 5.13 Å². The molecule has 1 aromatic heterocycles. The maximum absolute atomic E-state index is 14.4. The lowest BCUT2D eigenvalue weighted by atomic mass is 9.72. The summed E-state index contributed by atoms with van der Waals surface area (Å²) in [6.45, 7) is 5.75. The average Bonchev–Trinajstić information content (AvgIpc) is 3.30. The fourth-order valence-corrected chi connectivity index (χ4v) is 6.46. The van der Waals surface area contributed by atoms with Crippen LogP contribution in [-0.2, 0) is 27.5 Å². The summed E-state index contributed by atoms with van der Waals surface area (Å²) in [6.07, 6.45) is 6.64. The van der Waals surface area contributed by atoms with Crippen LogP contribution in [0.15, 0.2) is 29.7 Å². The molecule has 160 valence electrons. The number of thiazole rings is 1. The van der Waals surface area contributed by atoms with Gasteiger partial charge in [0.05, 0.1) is 27.6 Å². The minimum atomic E-state index is -3.49. The van der Waals surface area contributed by atoms with Gasteiger partial charge in [-0.1, -0.05) is 43.7 Å². The topological polar surface area (TPSA) is 76.1 Å². The highest BCUT2D eigenvalue weighted by atomic mass is 32.2. The number of rotatable bonds is 5. The van der Waals surface area contributed by atoms with Gasteiger partial charge in [-0.05, 0) is 54.4 Å². The van der Waals surface area contributed by atoms with E-state index >= 15 is 0 Å². The van der Waals surface area contributed by atoms with Crippen LogP contribution in [-0.4, -0.2) is 25.1 Å². The van der Waals surface area contributed by atoms with E-state index in [-0.39, 0.29) is 34.0 Å². The van der Waals surface area contributed by atoms with Crippen molar-refractivity contribution in [2.24, 2.45) is 5.41 Å².